The van der Waals surface area contributed by atoms with Crippen molar-refractivity contribution in [3.63, 3.8) is 0 Å². The zero-order chi connectivity index (χ0) is 19.8. The summed E-state index contributed by atoms with van der Waals surface area (Å²) in [6.07, 6.45) is 0. The Balaban J connectivity index is 2.13. The van der Waals surface area contributed by atoms with E-state index in [1.165, 1.54) is 7.05 Å². The smallest absolute Gasteiger partial charge is 0.314 e. The molecule has 27 heavy (non-hydrogen) atoms. The minimum Gasteiger partial charge on any atom is -0.314 e. The maximum Gasteiger partial charge on any atom is 0.345 e. The first-order valence-corrected chi connectivity index (χ1v) is 8.95. The molecule has 1 heterocycles. The molecule has 1 saturated heterocycles. The summed E-state index contributed by atoms with van der Waals surface area (Å²) in [6, 6.07) is 16.6. The Morgan fingerprint density at radius 1 is 0.963 bits per heavy atom. The highest BCUT2D eigenvalue weighted by atomic mass is 35.6. The zero-order valence-corrected chi connectivity index (χ0v) is 16.3. The number of alkyl halides is 3. The summed E-state index contributed by atoms with van der Waals surface area (Å²) in [5.41, 5.74) is -0.444. The van der Waals surface area contributed by atoms with Gasteiger partial charge in [0.05, 0.1) is 0 Å². The van der Waals surface area contributed by atoms with Gasteiger partial charge in [-0.3, -0.25) is 9.59 Å². The number of amides is 4. The van der Waals surface area contributed by atoms with Crippen LogP contribution in [0, 0.1) is 0 Å². The third kappa shape index (κ3) is 3.25. The van der Waals surface area contributed by atoms with Crippen molar-refractivity contribution in [2.75, 3.05) is 7.05 Å². The van der Waals surface area contributed by atoms with Crippen LogP contribution < -0.4 is 5.32 Å². The van der Waals surface area contributed by atoms with Crippen LogP contribution in [0.4, 0.5) is 4.79 Å². The van der Waals surface area contributed by atoms with Crippen LogP contribution in [0.1, 0.15) is 11.1 Å². The van der Waals surface area contributed by atoms with E-state index in [1.807, 2.05) is 0 Å². The van der Waals surface area contributed by atoms with Gasteiger partial charge >= 0.3 is 6.03 Å². The lowest BCUT2D eigenvalue weighted by Crippen LogP contribution is -2.52. The van der Waals surface area contributed by atoms with Crippen LogP contribution in [0.3, 0.4) is 0 Å². The number of imide groups is 1. The number of benzene rings is 2. The van der Waals surface area contributed by atoms with Gasteiger partial charge in [-0.05, 0) is 11.1 Å². The van der Waals surface area contributed by atoms with Gasteiger partial charge in [-0.1, -0.05) is 95.5 Å². The summed E-state index contributed by atoms with van der Waals surface area (Å²) >= 11 is 16.9. The first-order chi connectivity index (χ1) is 12.7. The van der Waals surface area contributed by atoms with Gasteiger partial charge in [0.2, 0.25) is 0 Å². The number of hydrazine groups is 1. The van der Waals surface area contributed by atoms with E-state index in [9.17, 15) is 14.4 Å². The second-order valence-electron chi connectivity index (χ2n) is 5.86. The number of hydrogen-bond donors (Lipinski definition) is 1. The maximum absolute atomic E-state index is 13.4. The zero-order valence-electron chi connectivity index (χ0n) is 14.0. The van der Waals surface area contributed by atoms with Crippen molar-refractivity contribution in [2.45, 2.75) is 9.33 Å². The second kappa shape index (κ2) is 7.03. The summed E-state index contributed by atoms with van der Waals surface area (Å²) in [4.78, 5) is 38.4. The van der Waals surface area contributed by atoms with Gasteiger partial charge < -0.3 is 5.32 Å². The van der Waals surface area contributed by atoms with Gasteiger partial charge in [0.1, 0.15) is 0 Å². The topological polar surface area (TPSA) is 69.7 Å². The Morgan fingerprint density at radius 2 is 1.41 bits per heavy atom. The highest BCUT2D eigenvalue weighted by molar-refractivity contribution is 6.76. The Labute approximate surface area is 170 Å². The first kappa shape index (κ1) is 19.5. The molecule has 0 saturated carbocycles. The quantitative estimate of drug-likeness (QED) is 0.605. The minimum atomic E-state index is -2.32. The van der Waals surface area contributed by atoms with Crippen molar-refractivity contribution in [1.29, 1.82) is 0 Å². The average Bonchev–Trinajstić information content (AvgIpc) is 2.92. The molecule has 6 nitrogen and oxygen atoms in total. The third-order valence-corrected chi connectivity index (χ3v) is 4.73. The van der Waals surface area contributed by atoms with Crippen molar-refractivity contribution in [3.8, 4) is 0 Å². The van der Waals surface area contributed by atoms with Crippen molar-refractivity contribution in [3.05, 3.63) is 71.8 Å². The molecule has 0 aliphatic carbocycles. The van der Waals surface area contributed by atoms with E-state index in [2.05, 4.69) is 5.32 Å². The summed E-state index contributed by atoms with van der Waals surface area (Å²) < 4.78 is -2.32. The van der Waals surface area contributed by atoms with Gasteiger partial charge in [-0.15, -0.1) is 0 Å². The molecule has 0 atom stereocenters. The standard InChI is InChI=1S/C18H14Cl3N3O3/c1-23(15(26)18(19,20)21)24-14(25)17(22-16(24)27,12-8-4-2-5-9-12)13-10-6-3-7-11-13/h2-11H,1H3,(H,22,27). The normalized spacial score (nSPS) is 16.2. The number of halogens is 3. The van der Waals surface area contributed by atoms with Crippen LogP contribution in [0.5, 0.6) is 0 Å². The molecule has 0 unspecified atom stereocenters. The molecule has 4 amide bonds. The molecule has 1 fully saturated rings. The van der Waals surface area contributed by atoms with Crippen molar-refractivity contribution >= 4 is 52.6 Å². The van der Waals surface area contributed by atoms with Crippen molar-refractivity contribution in [1.82, 2.24) is 15.3 Å². The van der Waals surface area contributed by atoms with Crippen LogP contribution in [0.15, 0.2) is 60.7 Å². The number of rotatable bonds is 3. The fourth-order valence-corrected chi connectivity index (χ4v) is 3.37. The highest BCUT2D eigenvalue weighted by Gasteiger charge is 2.56. The Kier molecular flexibility index (Phi) is 5.08. The molecule has 2 aromatic carbocycles. The predicted octanol–water partition coefficient (Wildman–Crippen LogP) is 3.23. The van der Waals surface area contributed by atoms with Gasteiger partial charge in [0.15, 0.2) is 5.54 Å². The van der Waals surface area contributed by atoms with E-state index >= 15 is 0 Å². The average molecular weight is 427 g/mol. The lowest BCUT2D eigenvalue weighted by molar-refractivity contribution is -0.153. The molecule has 0 spiro atoms. The second-order valence-corrected chi connectivity index (χ2v) is 8.14. The summed E-state index contributed by atoms with van der Waals surface area (Å²) in [6.45, 7) is 0. The fourth-order valence-electron chi connectivity index (χ4n) is 3.00. The maximum atomic E-state index is 13.4. The van der Waals surface area contributed by atoms with Gasteiger partial charge in [0.25, 0.3) is 15.6 Å². The molecule has 0 bridgehead atoms. The first-order valence-electron chi connectivity index (χ1n) is 7.82. The van der Waals surface area contributed by atoms with E-state index in [4.69, 9.17) is 34.8 Å². The number of carbonyl (C=O) groups excluding carboxylic acids is 3. The summed E-state index contributed by atoms with van der Waals surface area (Å²) in [5, 5.41) is 4.05. The molecule has 9 heteroatoms. The fraction of sp³-hybridized carbons (Fsp3) is 0.167. The largest absolute Gasteiger partial charge is 0.345 e. The van der Waals surface area contributed by atoms with E-state index in [0.29, 0.717) is 21.1 Å². The molecule has 1 aliphatic rings. The molecule has 3 rings (SSSR count). The molecule has 140 valence electrons. The molecule has 1 N–H and O–H groups in total. The Morgan fingerprint density at radius 3 is 1.81 bits per heavy atom. The Bertz CT molecular complexity index is 845. The SMILES string of the molecule is CN(C(=O)C(Cl)(Cl)Cl)N1C(=O)NC(c2ccccc2)(c2ccccc2)C1=O. The third-order valence-electron chi connectivity index (χ3n) is 4.25. The number of nitrogens with one attached hydrogen (secondary N) is 1. The van der Waals surface area contributed by atoms with Crippen LogP contribution in [0.2, 0.25) is 0 Å². The van der Waals surface area contributed by atoms with Crippen molar-refractivity contribution in [2.24, 2.45) is 0 Å². The molecule has 1 aliphatic heterocycles. The van der Waals surface area contributed by atoms with Crippen LogP contribution >= 0.6 is 34.8 Å². The lowest BCUT2D eigenvalue weighted by atomic mass is 9.83. The van der Waals surface area contributed by atoms with E-state index in [0.717, 1.165) is 0 Å². The van der Waals surface area contributed by atoms with Crippen molar-refractivity contribution < 1.29 is 14.4 Å². The summed E-state index contributed by atoms with van der Waals surface area (Å²) in [7, 11) is 1.19. The predicted molar refractivity (Wildman–Crippen MR) is 102 cm³/mol. The Hall–Kier alpha value is -2.28. The van der Waals surface area contributed by atoms with Gasteiger partial charge in [-0.2, -0.15) is 5.01 Å². The minimum absolute atomic E-state index is 0.534. The molecule has 0 aromatic heterocycles. The molecule has 0 radical (unpaired) electrons. The number of carbonyl (C=O) groups is 3. The summed E-state index contributed by atoms with van der Waals surface area (Å²) in [5.74, 6) is -1.72. The lowest BCUT2D eigenvalue weighted by Gasteiger charge is -2.30. The van der Waals surface area contributed by atoms with E-state index in [1.54, 1.807) is 60.7 Å². The molecule has 2 aromatic rings. The van der Waals surface area contributed by atoms with E-state index in [-0.39, 0.29) is 0 Å². The number of hydrogen-bond acceptors (Lipinski definition) is 3. The molecular formula is C18H14Cl3N3O3. The van der Waals surface area contributed by atoms with Crippen LogP contribution in [0.25, 0.3) is 0 Å². The monoisotopic (exact) mass is 425 g/mol. The van der Waals surface area contributed by atoms with E-state index < -0.39 is 27.2 Å². The number of urea groups is 1. The van der Waals surface area contributed by atoms with Crippen LogP contribution in [-0.2, 0) is 15.1 Å². The number of nitrogens with zero attached hydrogens (tertiary/aromatic N) is 2. The highest BCUT2D eigenvalue weighted by Crippen LogP contribution is 2.37. The van der Waals surface area contributed by atoms with Gasteiger partial charge in [-0.25, -0.2) is 9.80 Å². The van der Waals surface area contributed by atoms with Gasteiger partial charge in [0, 0.05) is 7.05 Å². The molecular weight excluding hydrogens is 413 g/mol. The van der Waals surface area contributed by atoms with Crippen LogP contribution in [-0.4, -0.2) is 38.7 Å².